The molecule has 5 nitrogen and oxygen atoms in total. The van der Waals surface area contributed by atoms with Crippen molar-refractivity contribution in [1.82, 2.24) is 10.2 Å². The number of carbonyl (C=O) groups is 2. The first-order valence-corrected chi connectivity index (χ1v) is 7.38. The second kappa shape index (κ2) is 5.02. The highest BCUT2D eigenvalue weighted by molar-refractivity contribution is 5.97. The summed E-state index contributed by atoms with van der Waals surface area (Å²) >= 11 is 0. The molecule has 0 spiro atoms. The van der Waals surface area contributed by atoms with E-state index >= 15 is 0 Å². The number of piperazine rings is 1. The maximum Gasteiger partial charge on any atom is 0.246 e. The van der Waals surface area contributed by atoms with Crippen LogP contribution in [0.3, 0.4) is 0 Å². The molecule has 0 aromatic heterocycles. The van der Waals surface area contributed by atoms with Crippen LogP contribution in [0.4, 0.5) is 0 Å². The average Bonchev–Trinajstić information content (AvgIpc) is 2.33. The Kier molecular flexibility index (Phi) is 3.84. The van der Waals surface area contributed by atoms with Crippen molar-refractivity contribution in [2.24, 2.45) is 5.41 Å². The minimum absolute atomic E-state index is 0.0361. The van der Waals surface area contributed by atoms with Gasteiger partial charge in [0.2, 0.25) is 11.8 Å². The van der Waals surface area contributed by atoms with E-state index in [1.54, 1.807) is 0 Å². The van der Waals surface area contributed by atoms with Gasteiger partial charge in [0.1, 0.15) is 12.1 Å². The first-order valence-electron chi connectivity index (χ1n) is 7.38. The van der Waals surface area contributed by atoms with Crippen LogP contribution in [0.25, 0.3) is 0 Å². The largest absolute Gasteiger partial charge is 0.381 e. The Morgan fingerprint density at radius 2 is 1.80 bits per heavy atom. The Balaban J connectivity index is 2.33. The molecular weight excluding hydrogens is 256 g/mol. The lowest BCUT2D eigenvalue weighted by molar-refractivity contribution is -0.163. The molecular formula is C15H26N2O3. The lowest BCUT2D eigenvalue weighted by Gasteiger charge is -2.51. The third kappa shape index (κ3) is 2.55. The third-order valence-electron chi connectivity index (χ3n) is 4.56. The number of rotatable bonds is 1. The molecule has 2 saturated heterocycles. The number of hydrogen-bond acceptors (Lipinski definition) is 3. The molecule has 0 aromatic carbocycles. The third-order valence-corrected chi connectivity index (χ3v) is 4.56. The first-order chi connectivity index (χ1) is 9.17. The number of amides is 2. The van der Waals surface area contributed by atoms with E-state index in [0.29, 0.717) is 13.2 Å². The number of nitrogens with zero attached hydrogens (tertiary/aromatic N) is 1. The van der Waals surface area contributed by atoms with Crippen molar-refractivity contribution >= 4 is 11.8 Å². The van der Waals surface area contributed by atoms with Crippen LogP contribution >= 0.6 is 0 Å². The molecule has 0 aromatic rings. The van der Waals surface area contributed by atoms with Crippen LogP contribution in [0.1, 0.15) is 47.5 Å². The van der Waals surface area contributed by atoms with Crippen LogP contribution in [0.15, 0.2) is 0 Å². The maximum atomic E-state index is 12.9. The molecule has 2 amide bonds. The van der Waals surface area contributed by atoms with Crippen molar-refractivity contribution < 1.29 is 14.3 Å². The molecule has 114 valence electrons. The average molecular weight is 282 g/mol. The Bertz CT molecular complexity index is 408. The minimum Gasteiger partial charge on any atom is -0.381 e. The van der Waals surface area contributed by atoms with E-state index in [1.165, 1.54) is 0 Å². The highest BCUT2D eigenvalue weighted by atomic mass is 16.5. The van der Waals surface area contributed by atoms with Gasteiger partial charge >= 0.3 is 0 Å². The zero-order valence-corrected chi connectivity index (χ0v) is 13.2. The topological polar surface area (TPSA) is 58.6 Å². The van der Waals surface area contributed by atoms with Gasteiger partial charge < -0.3 is 15.0 Å². The fourth-order valence-electron chi connectivity index (χ4n) is 3.14. The molecule has 2 fully saturated rings. The van der Waals surface area contributed by atoms with Crippen LogP contribution in [0.5, 0.6) is 0 Å². The molecule has 1 N–H and O–H groups in total. The van der Waals surface area contributed by atoms with Crippen molar-refractivity contribution in [2.45, 2.75) is 65.1 Å². The molecule has 0 saturated carbocycles. The van der Waals surface area contributed by atoms with Crippen molar-refractivity contribution in [3.8, 4) is 0 Å². The van der Waals surface area contributed by atoms with Crippen LogP contribution in [0.2, 0.25) is 0 Å². The molecule has 2 aliphatic rings. The normalized spacial score (nSPS) is 31.1. The van der Waals surface area contributed by atoms with Gasteiger partial charge in [-0.05, 0) is 32.1 Å². The summed E-state index contributed by atoms with van der Waals surface area (Å²) < 4.78 is 5.41. The number of hydrogen-bond donors (Lipinski definition) is 1. The van der Waals surface area contributed by atoms with Crippen LogP contribution in [-0.2, 0) is 14.3 Å². The molecule has 0 radical (unpaired) electrons. The summed E-state index contributed by atoms with van der Waals surface area (Å²) in [5.74, 6) is -0.0220. The van der Waals surface area contributed by atoms with E-state index in [2.05, 4.69) is 12.2 Å². The van der Waals surface area contributed by atoms with E-state index in [9.17, 15) is 9.59 Å². The zero-order chi connectivity index (χ0) is 15.1. The Morgan fingerprint density at radius 1 is 1.25 bits per heavy atom. The molecule has 0 aliphatic carbocycles. The van der Waals surface area contributed by atoms with Gasteiger partial charge in [0, 0.05) is 18.8 Å². The summed E-state index contributed by atoms with van der Waals surface area (Å²) in [6, 6.07) is -0.866. The van der Waals surface area contributed by atoms with Gasteiger partial charge in [0.05, 0.1) is 0 Å². The predicted molar refractivity (Wildman–Crippen MR) is 76.2 cm³/mol. The molecule has 2 atom stereocenters. The van der Waals surface area contributed by atoms with E-state index in [4.69, 9.17) is 4.74 Å². The van der Waals surface area contributed by atoms with Crippen LogP contribution in [-0.4, -0.2) is 47.6 Å². The molecule has 2 rings (SSSR count). The summed E-state index contributed by atoms with van der Waals surface area (Å²) in [6.45, 7) is 11.1. The zero-order valence-electron chi connectivity index (χ0n) is 13.2. The predicted octanol–water partition coefficient (Wildman–Crippen LogP) is 1.32. The number of ether oxygens (including phenoxy) is 1. The van der Waals surface area contributed by atoms with E-state index in [0.717, 1.165) is 12.8 Å². The van der Waals surface area contributed by atoms with Gasteiger partial charge in [0.15, 0.2) is 0 Å². The lowest BCUT2D eigenvalue weighted by atomic mass is 9.80. The number of nitrogens with one attached hydrogen (secondary N) is 1. The summed E-state index contributed by atoms with van der Waals surface area (Å²) in [7, 11) is 0. The van der Waals surface area contributed by atoms with E-state index in [-0.39, 0.29) is 22.8 Å². The SMILES string of the molecule is CC1C(=O)NC(C(C)(C)C)C(=O)N1C1(C)CCOCC1. The Labute approximate surface area is 121 Å². The standard InChI is InChI=1S/C15H26N2O3/c1-10-12(18)16-11(14(2,3)4)13(19)17(10)15(5)6-8-20-9-7-15/h10-11H,6-9H2,1-5H3,(H,16,18). The second-order valence-electron chi connectivity index (χ2n) is 7.30. The summed E-state index contributed by atoms with van der Waals surface area (Å²) in [5, 5.41) is 2.88. The van der Waals surface area contributed by atoms with Crippen molar-refractivity contribution in [3.63, 3.8) is 0 Å². The number of carbonyl (C=O) groups excluding carboxylic acids is 2. The Morgan fingerprint density at radius 3 is 2.30 bits per heavy atom. The van der Waals surface area contributed by atoms with E-state index < -0.39 is 12.1 Å². The fraction of sp³-hybridized carbons (Fsp3) is 0.867. The first kappa shape index (κ1) is 15.3. The van der Waals surface area contributed by atoms with Crippen LogP contribution in [0, 0.1) is 5.41 Å². The van der Waals surface area contributed by atoms with Crippen molar-refractivity contribution in [3.05, 3.63) is 0 Å². The minimum atomic E-state index is -0.453. The quantitative estimate of drug-likeness (QED) is 0.789. The van der Waals surface area contributed by atoms with Gasteiger partial charge in [-0.1, -0.05) is 20.8 Å². The van der Waals surface area contributed by atoms with Gasteiger partial charge in [-0.2, -0.15) is 0 Å². The van der Waals surface area contributed by atoms with Gasteiger partial charge in [-0.15, -0.1) is 0 Å². The monoisotopic (exact) mass is 282 g/mol. The highest BCUT2D eigenvalue weighted by Crippen LogP contribution is 2.34. The highest BCUT2D eigenvalue weighted by Gasteiger charge is 2.50. The van der Waals surface area contributed by atoms with Crippen molar-refractivity contribution in [2.75, 3.05) is 13.2 Å². The van der Waals surface area contributed by atoms with Gasteiger partial charge in [-0.25, -0.2) is 0 Å². The smallest absolute Gasteiger partial charge is 0.246 e. The summed E-state index contributed by atoms with van der Waals surface area (Å²) in [4.78, 5) is 27.0. The van der Waals surface area contributed by atoms with Crippen LogP contribution < -0.4 is 5.32 Å². The molecule has 0 bridgehead atoms. The molecule has 2 heterocycles. The summed E-state index contributed by atoms with van der Waals surface area (Å²) in [6.07, 6.45) is 1.57. The lowest BCUT2D eigenvalue weighted by Crippen LogP contribution is -2.71. The van der Waals surface area contributed by atoms with Crippen molar-refractivity contribution in [1.29, 1.82) is 0 Å². The molecule has 2 aliphatic heterocycles. The van der Waals surface area contributed by atoms with Gasteiger partial charge in [0.25, 0.3) is 0 Å². The fourth-order valence-corrected chi connectivity index (χ4v) is 3.14. The second-order valence-corrected chi connectivity index (χ2v) is 7.30. The van der Waals surface area contributed by atoms with Gasteiger partial charge in [-0.3, -0.25) is 9.59 Å². The summed E-state index contributed by atoms with van der Waals surface area (Å²) in [5.41, 5.74) is -0.567. The molecule has 2 unspecified atom stereocenters. The maximum absolute atomic E-state index is 12.9. The Hall–Kier alpha value is -1.10. The molecule has 20 heavy (non-hydrogen) atoms. The molecule has 5 heteroatoms. The van der Waals surface area contributed by atoms with E-state index in [1.807, 2.05) is 32.6 Å².